The zero-order chi connectivity index (χ0) is 18.8. The number of hydrogen-bond acceptors (Lipinski definition) is 4. The number of oxazole rings is 1. The third-order valence-electron chi connectivity index (χ3n) is 4.72. The molecule has 5 nitrogen and oxygen atoms in total. The second-order valence-electron chi connectivity index (χ2n) is 6.42. The average molecular weight is 427 g/mol. The number of methoxy groups -OCH3 is 1. The van der Waals surface area contributed by atoms with Crippen molar-refractivity contribution in [3.05, 3.63) is 64.6 Å². The first kappa shape index (κ1) is 17.8. The van der Waals surface area contributed by atoms with Gasteiger partial charge in [0, 0.05) is 35.1 Å². The molecule has 0 bridgehead atoms. The monoisotopic (exact) mass is 426 g/mol. The molecule has 0 atom stereocenters. The lowest BCUT2D eigenvalue weighted by Crippen LogP contribution is -2.29. The van der Waals surface area contributed by atoms with Crippen LogP contribution in [0.2, 0.25) is 0 Å². The number of aryl methyl sites for hydroxylation is 1. The van der Waals surface area contributed by atoms with Gasteiger partial charge in [-0.1, -0.05) is 15.9 Å². The number of aromatic nitrogens is 1. The summed E-state index contributed by atoms with van der Waals surface area (Å²) in [6, 6.07) is 13.7. The van der Waals surface area contributed by atoms with Crippen molar-refractivity contribution in [2.45, 2.75) is 19.3 Å². The lowest BCUT2D eigenvalue weighted by Gasteiger charge is -2.16. The SMILES string of the molecule is COc1ccc(-c2cnc(CCC(=O)N3CCc4cc(Br)ccc43)o2)cc1. The van der Waals surface area contributed by atoms with E-state index in [0.717, 1.165) is 34.4 Å². The second kappa shape index (κ2) is 7.56. The predicted molar refractivity (Wildman–Crippen MR) is 107 cm³/mol. The third kappa shape index (κ3) is 3.76. The number of ether oxygens (including phenoxy) is 1. The molecule has 0 N–H and O–H groups in total. The molecule has 0 radical (unpaired) electrons. The summed E-state index contributed by atoms with van der Waals surface area (Å²) in [6.45, 7) is 0.729. The van der Waals surface area contributed by atoms with Gasteiger partial charge in [-0.25, -0.2) is 4.98 Å². The molecule has 2 aromatic carbocycles. The summed E-state index contributed by atoms with van der Waals surface area (Å²) in [6.07, 6.45) is 3.45. The van der Waals surface area contributed by atoms with Gasteiger partial charge in [0.05, 0.1) is 13.3 Å². The third-order valence-corrected chi connectivity index (χ3v) is 5.21. The molecule has 0 spiro atoms. The zero-order valence-electron chi connectivity index (χ0n) is 14.9. The van der Waals surface area contributed by atoms with Crippen LogP contribution in [0.3, 0.4) is 0 Å². The van der Waals surface area contributed by atoms with Crippen LogP contribution in [-0.2, 0) is 17.6 Å². The first-order chi connectivity index (χ1) is 13.1. The summed E-state index contributed by atoms with van der Waals surface area (Å²) in [7, 11) is 1.64. The van der Waals surface area contributed by atoms with Crippen LogP contribution < -0.4 is 9.64 Å². The van der Waals surface area contributed by atoms with E-state index >= 15 is 0 Å². The van der Waals surface area contributed by atoms with Gasteiger partial charge in [-0.05, 0) is 54.4 Å². The number of carbonyl (C=O) groups excluding carboxylic acids is 1. The van der Waals surface area contributed by atoms with E-state index in [9.17, 15) is 4.79 Å². The Kier molecular flexibility index (Phi) is 4.99. The van der Waals surface area contributed by atoms with Crippen molar-refractivity contribution in [2.75, 3.05) is 18.6 Å². The Labute approximate surface area is 166 Å². The van der Waals surface area contributed by atoms with Crippen LogP contribution in [-0.4, -0.2) is 24.5 Å². The number of benzene rings is 2. The Hall–Kier alpha value is -2.60. The molecule has 1 aromatic heterocycles. The van der Waals surface area contributed by atoms with Crippen LogP contribution in [0.5, 0.6) is 5.75 Å². The zero-order valence-corrected chi connectivity index (χ0v) is 16.5. The smallest absolute Gasteiger partial charge is 0.227 e. The molecule has 1 aliphatic heterocycles. The van der Waals surface area contributed by atoms with Gasteiger partial charge in [0.15, 0.2) is 11.7 Å². The number of fused-ring (bicyclic) bond motifs is 1. The molecular weight excluding hydrogens is 408 g/mol. The van der Waals surface area contributed by atoms with Crippen LogP contribution in [0.4, 0.5) is 5.69 Å². The number of amides is 1. The molecule has 6 heteroatoms. The van der Waals surface area contributed by atoms with E-state index in [-0.39, 0.29) is 5.91 Å². The molecule has 0 aliphatic carbocycles. The molecule has 27 heavy (non-hydrogen) atoms. The highest BCUT2D eigenvalue weighted by atomic mass is 79.9. The minimum absolute atomic E-state index is 0.0975. The number of nitrogens with zero attached hydrogens (tertiary/aromatic N) is 2. The molecule has 0 saturated carbocycles. The Morgan fingerprint density at radius 3 is 2.85 bits per heavy atom. The molecule has 0 saturated heterocycles. The van der Waals surface area contributed by atoms with E-state index < -0.39 is 0 Å². The van der Waals surface area contributed by atoms with Crippen LogP contribution >= 0.6 is 15.9 Å². The minimum Gasteiger partial charge on any atom is -0.497 e. The van der Waals surface area contributed by atoms with E-state index in [1.54, 1.807) is 13.3 Å². The van der Waals surface area contributed by atoms with Gasteiger partial charge >= 0.3 is 0 Å². The van der Waals surface area contributed by atoms with Gasteiger partial charge in [0.1, 0.15) is 5.75 Å². The van der Waals surface area contributed by atoms with Crippen molar-refractivity contribution in [3.8, 4) is 17.1 Å². The van der Waals surface area contributed by atoms with Crippen molar-refractivity contribution in [1.29, 1.82) is 0 Å². The van der Waals surface area contributed by atoms with E-state index in [1.165, 1.54) is 5.56 Å². The van der Waals surface area contributed by atoms with Crippen molar-refractivity contribution in [2.24, 2.45) is 0 Å². The van der Waals surface area contributed by atoms with E-state index in [1.807, 2.05) is 41.3 Å². The van der Waals surface area contributed by atoms with Crippen LogP contribution in [0.25, 0.3) is 11.3 Å². The highest BCUT2D eigenvalue weighted by Gasteiger charge is 2.24. The van der Waals surface area contributed by atoms with Gasteiger partial charge in [-0.3, -0.25) is 4.79 Å². The lowest BCUT2D eigenvalue weighted by atomic mass is 10.2. The predicted octanol–water partition coefficient (Wildman–Crippen LogP) is 4.63. The van der Waals surface area contributed by atoms with E-state index in [2.05, 4.69) is 27.0 Å². The number of anilines is 1. The van der Waals surface area contributed by atoms with Gasteiger partial charge < -0.3 is 14.1 Å². The van der Waals surface area contributed by atoms with Crippen molar-refractivity contribution in [3.63, 3.8) is 0 Å². The van der Waals surface area contributed by atoms with Crippen molar-refractivity contribution < 1.29 is 13.9 Å². The van der Waals surface area contributed by atoms with Crippen molar-refractivity contribution >= 4 is 27.5 Å². The fourth-order valence-electron chi connectivity index (χ4n) is 3.29. The first-order valence-corrected chi connectivity index (χ1v) is 9.61. The molecule has 2 heterocycles. The molecule has 3 aromatic rings. The standard InChI is InChI=1S/C21H19BrN2O3/c1-26-17-5-2-14(3-6-17)19-13-23-20(27-19)8-9-21(25)24-11-10-15-12-16(22)4-7-18(15)24/h2-7,12-13H,8-11H2,1H3. The topological polar surface area (TPSA) is 55.6 Å². The number of rotatable bonds is 5. The molecule has 4 rings (SSSR count). The number of carbonyl (C=O) groups is 1. The van der Waals surface area contributed by atoms with Crippen LogP contribution in [0.15, 0.2) is 57.6 Å². The molecule has 0 fully saturated rings. The highest BCUT2D eigenvalue weighted by Crippen LogP contribution is 2.31. The molecule has 1 amide bonds. The second-order valence-corrected chi connectivity index (χ2v) is 7.33. The quantitative estimate of drug-likeness (QED) is 0.596. The Bertz CT molecular complexity index is 966. The van der Waals surface area contributed by atoms with Gasteiger partial charge in [0.25, 0.3) is 0 Å². The number of halogens is 1. The molecular formula is C21H19BrN2O3. The van der Waals surface area contributed by atoms with E-state index in [4.69, 9.17) is 9.15 Å². The summed E-state index contributed by atoms with van der Waals surface area (Å²) in [5, 5.41) is 0. The van der Waals surface area contributed by atoms with Gasteiger partial charge in [0.2, 0.25) is 5.91 Å². The molecule has 0 unspecified atom stereocenters. The summed E-state index contributed by atoms with van der Waals surface area (Å²) in [5.74, 6) is 2.16. The van der Waals surface area contributed by atoms with Crippen LogP contribution in [0, 0.1) is 0 Å². The summed E-state index contributed by atoms with van der Waals surface area (Å²) in [5.41, 5.74) is 3.14. The lowest BCUT2D eigenvalue weighted by molar-refractivity contribution is -0.118. The Morgan fingerprint density at radius 1 is 1.26 bits per heavy atom. The summed E-state index contributed by atoms with van der Waals surface area (Å²) >= 11 is 3.48. The first-order valence-electron chi connectivity index (χ1n) is 8.82. The maximum absolute atomic E-state index is 12.6. The summed E-state index contributed by atoms with van der Waals surface area (Å²) < 4.78 is 12.0. The van der Waals surface area contributed by atoms with Crippen molar-refractivity contribution in [1.82, 2.24) is 4.98 Å². The Morgan fingerprint density at radius 2 is 2.07 bits per heavy atom. The highest BCUT2D eigenvalue weighted by molar-refractivity contribution is 9.10. The fraction of sp³-hybridized carbons (Fsp3) is 0.238. The van der Waals surface area contributed by atoms with Gasteiger partial charge in [-0.2, -0.15) is 0 Å². The fourth-order valence-corrected chi connectivity index (χ4v) is 3.70. The Balaban J connectivity index is 1.40. The minimum atomic E-state index is 0.0975. The normalized spacial score (nSPS) is 12.9. The van der Waals surface area contributed by atoms with Crippen LogP contribution in [0.1, 0.15) is 17.9 Å². The average Bonchev–Trinajstić information content (AvgIpc) is 3.33. The maximum atomic E-state index is 12.6. The van der Waals surface area contributed by atoms with E-state index in [0.29, 0.717) is 24.5 Å². The largest absolute Gasteiger partial charge is 0.497 e. The molecule has 1 aliphatic rings. The molecule has 138 valence electrons. The number of hydrogen-bond donors (Lipinski definition) is 0. The summed E-state index contributed by atoms with van der Waals surface area (Å²) in [4.78, 5) is 18.8. The maximum Gasteiger partial charge on any atom is 0.227 e. The van der Waals surface area contributed by atoms with Gasteiger partial charge in [-0.15, -0.1) is 0 Å².